The quantitative estimate of drug-likeness (QED) is 0.620. The number of rotatable bonds is 7. The van der Waals surface area contributed by atoms with Gasteiger partial charge in [0.1, 0.15) is 17.4 Å². The zero-order valence-corrected chi connectivity index (χ0v) is 17.3. The van der Waals surface area contributed by atoms with Crippen LogP contribution in [0.25, 0.3) is 10.9 Å². The first-order chi connectivity index (χ1) is 14.7. The Kier molecular flexibility index (Phi) is 6.45. The number of anilines is 1. The fraction of sp³-hybridized carbons (Fsp3) is 0.375. The van der Waals surface area contributed by atoms with Crippen molar-refractivity contribution in [1.82, 2.24) is 10.3 Å². The molecule has 0 spiro atoms. The molecule has 0 radical (unpaired) electrons. The number of aromatic nitrogens is 1. The van der Waals surface area contributed by atoms with Crippen molar-refractivity contribution < 1.29 is 14.2 Å². The molecule has 1 aliphatic rings. The van der Waals surface area contributed by atoms with Crippen molar-refractivity contribution in [2.45, 2.75) is 25.9 Å². The molecule has 3 aromatic rings. The highest BCUT2D eigenvalue weighted by atomic mass is 19.1. The molecule has 0 aliphatic carbocycles. The Balaban J connectivity index is 1.62. The molecule has 1 fully saturated rings. The normalized spacial score (nSPS) is 16.8. The highest BCUT2D eigenvalue weighted by Crippen LogP contribution is 2.29. The van der Waals surface area contributed by atoms with Gasteiger partial charge in [0.25, 0.3) is 0 Å². The maximum absolute atomic E-state index is 14.0. The molecule has 1 aromatic heterocycles. The Morgan fingerprint density at radius 2 is 2.00 bits per heavy atom. The van der Waals surface area contributed by atoms with E-state index >= 15 is 0 Å². The van der Waals surface area contributed by atoms with E-state index in [1.807, 2.05) is 24.3 Å². The molecule has 2 heterocycles. The van der Waals surface area contributed by atoms with E-state index < -0.39 is 0 Å². The summed E-state index contributed by atoms with van der Waals surface area (Å²) in [5.74, 6) is 1.77. The maximum atomic E-state index is 14.0. The average molecular weight is 410 g/mol. The van der Waals surface area contributed by atoms with Crippen molar-refractivity contribution in [1.29, 1.82) is 0 Å². The third-order valence-electron chi connectivity index (χ3n) is 5.75. The lowest BCUT2D eigenvalue weighted by Crippen LogP contribution is -2.38. The highest BCUT2D eigenvalue weighted by Gasteiger charge is 2.23. The molecule has 1 aliphatic heterocycles. The van der Waals surface area contributed by atoms with Gasteiger partial charge in [0.2, 0.25) is 0 Å². The predicted molar refractivity (Wildman–Crippen MR) is 117 cm³/mol. The molecule has 30 heavy (non-hydrogen) atoms. The average Bonchev–Trinajstić information content (AvgIpc) is 2.79. The van der Waals surface area contributed by atoms with E-state index in [0.29, 0.717) is 18.7 Å². The van der Waals surface area contributed by atoms with Crippen LogP contribution in [0.5, 0.6) is 5.75 Å². The Bertz CT molecular complexity index is 1010. The van der Waals surface area contributed by atoms with Gasteiger partial charge in [-0.3, -0.25) is 0 Å². The molecule has 0 unspecified atom stereocenters. The van der Waals surface area contributed by atoms with Crippen molar-refractivity contribution in [3.63, 3.8) is 0 Å². The summed E-state index contributed by atoms with van der Waals surface area (Å²) in [5.41, 5.74) is 2.60. The van der Waals surface area contributed by atoms with Crippen LogP contribution in [0.4, 0.5) is 10.2 Å². The van der Waals surface area contributed by atoms with E-state index in [4.69, 9.17) is 9.72 Å². The van der Waals surface area contributed by atoms with Gasteiger partial charge in [-0.15, -0.1) is 0 Å². The molecule has 2 N–H and O–H groups in total. The molecule has 0 bridgehead atoms. The summed E-state index contributed by atoms with van der Waals surface area (Å²) in [4.78, 5) is 7.24. The Labute approximate surface area is 176 Å². The number of hydrogen-bond donors (Lipinski definition) is 2. The summed E-state index contributed by atoms with van der Waals surface area (Å²) < 4.78 is 19.3. The third kappa shape index (κ3) is 4.55. The number of halogens is 1. The minimum absolute atomic E-state index is 0.193. The Hall–Kier alpha value is -2.70. The first kappa shape index (κ1) is 20.6. The fourth-order valence-corrected chi connectivity index (χ4v) is 4.09. The summed E-state index contributed by atoms with van der Waals surface area (Å²) in [6.07, 6.45) is 2.07. The van der Waals surface area contributed by atoms with E-state index in [2.05, 4.69) is 16.3 Å². The van der Waals surface area contributed by atoms with E-state index in [0.717, 1.165) is 54.0 Å². The third-order valence-corrected chi connectivity index (χ3v) is 5.75. The van der Waals surface area contributed by atoms with Crippen LogP contribution in [0.1, 0.15) is 24.0 Å². The zero-order valence-electron chi connectivity index (χ0n) is 17.3. The predicted octanol–water partition coefficient (Wildman–Crippen LogP) is 3.88. The second-order valence-corrected chi connectivity index (χ2v) is 7.86. The lowest BCUT2D eigenvalue weighted by Gasteiger charge is -2.34. The molecule has 0 saturated carbocycles. The van der Waals surface area contributed by atoms with E-state index in [9.17, 15) is 9.50 Å². The number of ether oxygens (including phenoxy) is 1. The number of hydrogen-bond acceptors (Lipinski definition) is 5. The number of aliphatic hydroxyl groups is 1. The first-order valence-electron chi connectivity index (χ1n) is 10.5. The molecule has 1 atom stereocenters. The van der Waals surface area contributed by atoms with Gasteiger partial charge in [-0.05, 0) is 43.0 Å². The lowest BCUT2D eigenvalue weighted by molar-refractivity contribution is 0.208. The number of fused-ring (bicyclic) bond motifs is 1. The molecule has 1 saturated heterocycles. The molecule has 6 heteroatoms. The monoisotopic (exact) mass is 409 g/mol. The molecule has 2 aromatic carbocycles. The summed E-state index contributed by atoms with van der Waals surface area (Å²) in [7, 11) is 1.65. The van der Waals surface area contributed by atoms with Gasteiger partial charge in [0.05, 0.1) is 12.6 Å². The van der Waals surface area contributed by atoms with Crippen LogP contribution in [-0.2, 0) is 13.1 Å². The van der Waals surface area contributed by atoms with Crippen molar-refractivity contribution in [3.05, 3.63) is 65.5 Å². The van der Waals surface area contributed by atoms with Crippen molar-refractivity contribution in [2.24, 2.45) is 5.92 Å². The van der Waals surface area contributed by atoms with E-state index in [1.54, 1.807) is 19.2 Å². The number of aliphatic hydroxyl groups excluding tert-OH is 1. The number of nitrogens with one attached hydrogen (secondary N) is 1. The van der Waals surface area contributed by atoms with Crippen LogP contribution in [-0.4, -0.2) is 36.9 Å². The van der Waals surface area contributed by atoms with E-state index in [1.165, 1.54) is 6.07 Å². The van der Waals surface area contributed by atoms with Gasteiger partial charge < -0.3 is 20.1 Å². The Morgan fingerprint density at radius 3 is 2.80 bits per heavy atom. The molecule has 5 nitrogen and oxygen atoms in total. The van der Waals surface area contributed by atoms with Crippen molar-refractivity contribution in [2.75, 3.05) is 31.7 Å². The minimum Gasteiger partial charge on any atom is -0.497 e. The fourth-order valence-electron chi connectivity index (χ4n) is 4.09. The van der Waals surface area contributed by atoms with Gasteiger partial charge in [0.15, 0.2) is 0 Å². The van der Waals surface area contributed by atoms with Crippen molar-refractivity contribution in [3.8, 4) is 5.75 Å². The van der Waals surface area contributed by atoms with Gasteiger partial charge in [-0.25, -0.2) is 9.37 Å². The van der Waals surface area contributed by atoms with Crippen molar-refractivity contribution >= 4 is 16.7 Å². The topological polar surface area (TPSA) is 57.6 Å². The van der Waals surface area contributed by atoms with Crippen LogP contribution >= 0.6 is 0 Å². The lowest BCUT2D eigenvalue weighted by atomic mass is 9.98. The SMILES string of the molecule is COc1ccc2cc(CNCc3ccccc3F)c(N3CCC[C@H](CO)C3)nc2c1. The Morgan fingerprint density at radius 1 is 1.17 bits per heavy atom. The molecule has 0 amide bonds. The van der Waals surface area contributed by atoms with Gasteiger partial charge in [-0.2, -0.15) is 0 Å². The molecular weight excluding hydrogens is 381 g/mol. The number of nitrogens with zero attached hydrogens (tertiary/aromatic N) is 2. The standard InChI is InChI=1S/C24H28FN3O2/c1-30-21-9-8-18-11-20(14-26-13-19-6-2-3-7-22(19)25)24(27-23(18)12-21)28-10-4-5-17(15-28)16-29/h2-3,6-9,11-12,17,26,29H,4-5,10,13-16H2,1H3/t17-/m0/s1. The number of benzene rings is 2. The molecule has 158 valence electrons. The van der Waals surface area contributed by atoms with Crippen LogP contribution in [0.2, 0.25) is 0 Å². The number of methoxy groups -OCH3 is 1. The van der Waals surface area contributed by atoms with Crippen LogP contribution < -0.4 is 15.0 Å². The summed E-state index contributed by atoms with van der Waals surface area (Å²) in [6, 6.07) is 14.9. The van der Waals surface area contributed by atoms with E-state index in [-0.39, 0.29) is 18.3 Å². The highest BCUT2D eigenvalue weighted by molar-refractivity contribution is 5.83. The summed E-state index contributed by atoms with van der Waals surface area (Å²) in [6.45, 7) is 2.93. The molecular formula is C24H28FN3O2. The second kappa shape index (κ2) is 9.41. The second-order valence-electron chi connectivity index (χ2n) is 7.86. The zero-order chi connectivity index (χ0) is 20.9. The van der Waals surface area contributed by atoms with Gasteiger partial charge in [-0.1, -0.05) is 18.2 Å². The van der Waals surface area contributed by atoms with Gasteiger partial charge >= 0.3 is 0 Å². The number of pyridine rings is 1. The van der Waals surface area contributed by atoms with Crippen LogP contribution in [0.15, 0.2) is 48.5 Å². The first-order valence-corrected chi connectivity index (χ1v) is 10.5. The molecule has 4 rings (SSSR count). The van der Waals surface area contributed by atoms with Crippen LogP contribution in [0, 0.1) is 11.7 Å². The summed E-state index contributed by atoms with van der Waals surface area (Å²) >= 11 is 0. The minimum atomic E-state index is -0.198. The number of piperidine rings is 1. The van der Waals surface area contributed by atoms with Gasteiger partial charge in [0, 0.05) is 55.4 Å². The maximum Gasteiger partial charge on any atom is 0.133 e. The smallest absolute Gasteiger partial charge is 0.133 e. The summed E-state index contributed by atoms with van der Waals surface area (Å²) in [5, 5.41) is 14.1. The largest absolute Gasteiger partial charge is 0.497 e. The van der Waals surface area contributed by atoms with Crippen LogP contribution in [0.3, 0.4) is 0 Å².